The quantitative estimate of drug-likeness (QED) is 0.893. The zero-order chi connectivity index (χ0) is 18.5. The second-order valence-corrected chi connectivity index (χ2v) is 7.23. The molecule has 1 amide bonds. The van der Waals surface area contributed by atoms with Crippen molar-refractivity contribution in [2.75, 3.05) is 18.0 Å². The minimum absolute atomic E-state index is 0.111. The van der Waals surface area contributed by atoms with Crippen molar-refractivity contribution in [2.45, 2.75) is 46.1 Å². The standard InChI is InChI=1S/C21H28N4O/c1-4-16(3)22-21(26)17-10-12-25(13-11-17)20-9-8-19(23-24-20)18-7-5-6-15(2)14-18/h5-9,14,16-17H,4,10-13H2,1-3H3,(H,22,26)/t16-/m1/s1. The predicted molar refractivity (Wildman–Crippen MR) is 105 cm³/mol. The molecule has 0 saturated carbocycles. The third-order valence-electron chi connectivity index (χ3n) is 5.16. The van der Waals surface area contributed by atoms with Gasteiger partial charge in [-0.05, 0) is 51.3 Å². The van der Waals surface area contributed by atoms with Gasteiger partial charge in [0.1, 0.15) is 0 Å². The van der Waals surface area contributed by atoms with Crippen molar-refractivity contribution in [2.24, 2.45) is 5.92 Å². The zero-order valence-electron chi connectivity index (χ0n) is 15.9. The average molecular weight is 352 g/mol. The van der Waals surface area contributed by atoms with E-state index in [1.807, 2.05) is 18.2 Å². The van der Waals surface area contributed by atoms with Crippen molar-refractivity contribution < 1.29 is 4.79 Å². The van der Waals surface area contributed by atoms with Crippen molar-refractivity contribution >= 4 is 11.7 Å². The van der Waals surface area contributed by atoms with Crippen molar-refractivity contribution in [3.8, 4) is 11.3 Å². The molecule has 1 saturated heterocycles. The summed E-state index contributed by atoms with van der Waals surface area (Å²) in [4.78, 5) is 14.5. The number of aromatic nitrogens is 2. The summed E-state index contributed by atoms with van der Waals surface area (Å²) in [5, 5.41) is 11.9. The Morgan fingerprint density at radius 1 is 1.23 bits per heavy atom. The Bertz CT molecular complexity index is 736. The lowest BCUT2D eigenvalue weighted by atomic mass is 9.95. The predicted octanol–water partition coefficient (Wildman–Crippen LogP) is 3.58. The number of nitrogens with zero attached hydrogens (tertiary/aromatic N) is 3. The highest BCUT2D eigenvalue weighted by Crippen LogP contribution is 2.24. The molecule has 2 heterocycles. The van der Waals surface area contributed by atoms with Crippen LogP contribution < -0.4 is 10.2 Å². The van der Waals surface area contributed by atoms with Gasteiger partial charge in [-0.3, -0.25) is 4.79 Å². The van der Waals surface area contributed by atoms with Gasteiger partial charge in [0, 0.05) is 30.6 Å². The molecular formula is C21H28N4O. The number of amides is 1. The van der Waals surface area contributed by atoms with Gasteiger partial charge in [0.05, 0.1) is 5.69 Å². The summed E-state index contributed by atoms with van der Waals surface area (Å²) in [5.41, 5.74) is 3.19. The molecule has 1 aromatic heterocycles. The number of rotatable bonds is 5. The number of anilines is 1. The van der Waals surface area contributed by atoms with E-state index in [9.17, 15) is 4.79 Å². The van der Waals surface area contributed by atoms with Crippen LogP contribution in [0.1, 0.15) is 38.7 Å². The van der Waals surface area contributed by atoms with E-state index in [0.29, 0.717) is 0 Å². The van der Waals surface area contributed by atoms with Gasteiger partial charge >= 0.3 is 0 Å². The third kappa shape index (κ3) is 4.40. The summed E-state index contributed by atoms with van der Waals surface area (Å²) < 4.78 is 0. The fourth-order valence-corrected chi connectivity index (χ4v) is 3.29. The first-order valence-electron chi connectivity index (χ1n) is 9.53. The number of benzene rings is 1. The lowest BCUT2D eigenvalue weighted by Gasteiger charge is -2.32. The summed E-state index contributed by atoms with van der Waals surface area (Å²) in [5.74, 6) is 1.20. The maximum absolute atomic E-state index is 12.3. The molecule has 1 aliphatic heterocycles. The van der Waals surface area contributed by atoms with Gasteiger partial charge in [-0.2, -0.15) is 0 Å². The van der Waals surface area contributed by atoms with Gasteiger partial charge in [-0.25, -0.2) is 0 Å². The van der Waals surface area contributed by atoms with E-state index in [2.05, 4.69) is 59.4 Å². The Kier molecular flexibility index (Phi) is 5.86. The van der Waals surface area contributed by atoms with Crippen molar-refractivity contribution in [3.63, 3.8) is 0 Å². The normalized spacial score (nSPS) is 16.3. The molecule has 0 radical (unpaired) electrons. The van der Waals surface area contributed by atoms with E-state index in [-0.39, 0.29) is 17.9 Å². The smallest absolute Gasteiger partial charge is 0.223 e. The topological polar surface area (TPSA) is 58.1 Å². The van der Waals surface area contributed by atoms with Gasteiger partial charge in [0.15, 0.2) is 5.82 Å². The maximum Gasteiger partial charge on any atom is 0.223 e. The molecule has 0 unspecified atom stereocenters. The van der Waals surface area contributed by atoms with Crippen LogP contribution in [-0.4, -0.2) is 35.2 Å². The van der Waals surface area contributed by atoms with Gasteiger partial charge in [-0.15, -0.1) is 10.2 Å². The first kappa shape index (κ1) is 18.4. The summed E-state index contributed by atoms with van der Waals surface area (Å²) in [6.07, 6.45) is 2.70. The Labute approximate surface area is 155 Å². The summed E-state index contributed by atoms with van der Waals surface area (Å²) >= 11 is 0. The fourth-order valence-electron chi connectivity index (χ4n) is 3.29. The maximum atomic E-state index is 12.3. The second kappa shape index (κ2) is 8.30. The second-order valence-electron chi connectivity index (χ2n) is 7.23. The Hall–Kier alpha value is -2.43. The van der Waals surface area contributed by atoms with E-state index in [1.54, 1.807) is 0 Å². The fraction of sp³-hybridized carbons (Fsp3) is 0.476. The molecule has 2 aromatic rings. The molecule has 5 heteroatoms. The SMILES string of the molecule is CC[C@@H](C)NC(=O)C1CCN(c2ccc(-c3cccc(C)c3)nn2)CC1. The molecule has 0 bridgehead atoms. The molecule has 1 N–H and O–H groups in total. The van der Waals surface area contributed by atoms with Crippen LogP contribution in [0.25, 0.3) is 11.3 Å². The Morgan fingerprint density at radius 3 is 2.62 bits per heavy atom. The number of carbonyl (C=O) groups is 1. The number of hydrogen-bond acceptors (Lipinski definition) is 4. The first-order chi connectivity index (χ1) is 12.6. The first-order valence-corrected chi connectivity index (χ1v) is 9.53. The lowest BCUT2D eigenvalue weighted by molar-refractivity contribution is -0.126. The van der Waals surface area contributed by atoms with Crippen LogP contribution in [0.4, 0.5) is 5.82 Å². The van der Waals surface area contributed by atoms with Crippen LogP contribution in [0, 0.1) is 12.8 Å². The molecule has 0 aliphatic carbocycles. The zero-order valence-corrected chi connectivity index (χ0v) is 15.9. The van der Waals surface area contributed by atoms with Crippen molar-refractivity contribution in [3.05, 3.63) is 42.0 Å². The molecule has 5 nitrogen and oxygen atoms in total. The molecule has 1 aromatic carbocycles. The Morgan fingerprint density at radius 2 is 2.00 bits per heavy atom. The van der Waals surface area contributed by atoms with E-state index in [4.69, 9.17) is 0 Å². The van der Waals surface area contributed by atoms with Crippen molar-refractivity contribution in [1.29, 1.82) is 0 Å². The minimum atomic E-state index is 0.111. The van der Waals surface area contributed by atoms with Crippen LogP contribution in [0.5, 0.6) is 0 Å². The van der Waals surface area contributed by atoms with Gasteiger partial charge in [-0.1, -0.05) is 30.7 Å². The Balaban J connectivity index is 1.59. The molecule has 0 spiro atoms. The lowest BCUT2D eigenvalue weighted by Crippen LogP contribution is -2.43. The largest absolute Gasteiger partial charge is 0.355 e. The van der Waals surface area contributed by atoms with Crippen LogP contribution in [0.3, 0.4) is 0 Å². The van der Waals surface area contributed by atoms with Crippen LogP contribution >= 0.6 is 0 Å². The number of aryl methyl sites for hydroxylation is 1. The van der Waals surface area contributed by atoms with E-state index in [1.165, 1.54) is 5.56 Å². The molecule has 26 heavy (non-hydrogen) atoms. The summed E-state index contributed by atoms with van der Waals surface area (Å²) in [6.45, 7) is 7.91. The third-order valence-corrected chi connectivity index (χ3v) is 5.16. The van der Waals surface area contributed by atoms with E-state index < -0.39 is 0 Å². The minimum Gasteiger partial charge on any atom is -0.355 e. The highest BCUT2D eigenvalue weighted by molar-refractivity contribution is 5.79. The highest BCUT2D eigenvalue weighted by Gasteiger charge is 2.26. The highest BCUT2D eigenvalue weighted by atomic mass is 16.1. The van der Waals surface area contributed by atoms with Gasteiger partial charge in [0.2, 0.25) is 5.91 Å². The number of carbonyl (C=O) groups excluding carboxylic acids is 1. The monoisotopic (exact) mass is 352 g/mol. The van der Waals surface area contributed by atoms with E-state index >= 15 is 0 Å². The molecule has 1 atom stereocenters. The average Bonchev–Trinajstić information content (AvgIpc) is 2.68. The molecule has 138 valence electrons. The van der Waals surface area contributed by atoms with Gasteiger partial charge < -0.3 is 10.2 Å². The summed E-state index contributed by atoms with van der Waals surface area (Å²) in [6, 6.07) is 12.6. The van der Waals surface area contributed by atoms with Crippen molar-refractivity contribution in [1.82, 2.24) is 15.5 Å². The van der Waals surface area contributed by atoms with Gasteiger partial charge in [0.25, 0.3) is 0 Å². The van der Waals surface area contributed by atoms with Crippen LogP contribution in [0.2, 0.25) is 0 Å². The number of hydrogen-bond donors (Lipinski definition) is 1. The van der Waals surface area contributed by atoms with E-state index in [0.717, 1.165) is 49.4 Å². The van der Waals surface area contributed by atoms with Crippen LogP contribution in [0.15, 0.2) is 36.4 Å². The number of nitrogens with one attached hydrogen (secondary N) is 1. The number of piperidine rings is 1. The summed E-state index contributed by atoms with van der Waals surface area (Å²) in [7, 11) is 0. The van der Waals surface area contributed by atoms with Crippen LogP contribution in [-0.2, 0) is 4.79 Å². The molecule has 1 aliphatic rings. The molecule has 1 fully saturated rings. The molecular weight excluding hydrogens is 324 g/mol. The molecule has 3 rings (SSSR count).